The number of nitrogens with zero attached hydrogens (tertiary/aromatic N) is 4. The zero-order chi connectivity index (χ0) is 25.0. The standard InChI is InChI=1S/C22H28N4O7S/c1-16(2)33-18-5-7-19(8-6-18)34(31,32)25-12-10-24(11-13-25)17-4-9-20(26(29)30)21(14-17)23(3)15-22(27)28/h4-9,14,16H,10-13,15H2,1-3H3,(H,27,28). The second-order valence-electron chi connectivity index (χ2n) is 8.21. The summed E-state index contributed by atoms with van der Waals surface area (Å²) in [6.07, 6.45) is -0.0145. The van der Waals surface area contributed by atoms with Gasteiger partial charge in [-0.3, -0.25) is 14.9 Å². The Morgan fingerprint density at radius 3 is 2.29 bits per heavy atom. The fraction of sp³-hybridized carbons (Fsp3) is 0.409. The van der Waals surface area contributed by atoms with E-state index in [9.17, 15) is 23.3 Å². The van der Waals surface area contributed by atoms with E-state index in [-0.39, 0.29) is 35.5 Å². The minimum atomic E-state index is -3.68. The first-order chi connectivity index (χ1) is 16.0. The average Bonchev–Trinajstić information content (AvgIpc) is 2.78. The Labute approximate surface area is 198 Å². The fourth-order valence-electron chi connectivity index (χ4n) is 3.75. The van der Waals surface area contributed by atoms with Gasteiger partial charge in [-0.2, -0.15) is 4.31 Å². The lowest BCUT2D eigenvalue weighted by molar-refractivity contribution is -0.384. The normalized spacial score (nSPS) is 14.8. The van der Waals surface area contributed by atoms with Crippen LogP contribution in [0.4, 0.5) is 17.1 Å². The van der Waals surface area contributed by atoms with Crippen LogP contribution in [0.25, 0.3) is 0 Å². The number of rotatable bonds is 9. The summed E-state index contributed by atoms with van der Waals surface area (Å²) < 4.78 is 33.1. The summed E-state index contributed by atoms with van der Waals surface area (Å²) in [5.74, 6) is -0.509. The van der Waals surface area contributed by atoms with Crippen molar-refractivity contribution >= 4 is 33.1 Å². The summed E-state index contributed by atoms with van der Waals surface area (Å²) in [7, 11) is -2.20. The molecule has 1 heterocycles. The van der Waals surface area contributed by atoms with Gasteiger partial charge in [0.05, 0.1) is 15.9 Å². The molecular formula is C22H28N4O7S. The Kier molecular flexibility index (Phi) is 7.62. The number of carboxylic acids is 1. The second-order valence-corrected chi connectivity index (χ2v) is 10.1. The Hall–Kier alpha value is -3.38. The molecule has 2 aromatic rings. The van der Waals surface area contributed by atoms with Crippen LogP contribution >= 0.6 is 0 Å². The third kappa shape index (κ3) is 5.75. The van der Waals surface area contributed by atoms with Gasteiger partial charge >= 0.3 is 5.97 Å². The van der Waals surface area contributed by atoms with Gasteiger partial charge in [0.2, 0.25) is 10.0 Å². The van der Waals surface area contributed by atoms with Crippen LogP contribution < -0.4 is 14.5 Å². The van der Waals surface area contributed by atoms with Gasteiger partial charge in [-0.05, 0) is 50.2 Å². The van der Waals surface area contributed by atoms with E-state index in [1.165, 1.54) is 34.5 Å². The lowest BCUT2D eigenvalue weighted by Crippen LogP contribution is -2.48. The third-order valence-corrected chi connectivity index (χ3v) is 7.29. The number of aliphatic carboxylic acids is 1. The number of nitro groups is 1. The smallest absolute Gasteiger partial charge is 0.323 e. The average molecular weight is 493 g/mol. The molecule has 1 aliphatic heterocycles. The third-order valence-electron chi connectivity index (χ3n) is 5.38. The molecule has 0 saturated carbocycles. The molecule has 12 heteroatoms. The van der Waals surface area contributed by atoms with Crippen molar-refractivity contribution in [2.45, 2.75) is 24.8 Å². The molecule has 11 nitrogen and oxygen atoms in total. The monoisotopic (exact) mass is 492 g/mol. The van der Waals surface area contributed by atoms with Gasteiger partial charge in [-0.1, -0.05) is 0 Å². The highest BCUT2D eigenvalue weighted by atomic mass is 32.2. The predicted molar refractivity (Wildman–Crippen MR) is 127 cm³/mol. The van der Waals surface area contributed by atoms with Crippen LogP contribution in [0.15, 0.2) is 47.4 Å². The maximum atomic E-state index is 13.1. The van der Waals surface area contributed by atoms with E-state index in [1.807, 2.05) is 18.7 Å². The summed E-state index contributed by atoms with van der Waals surface area (Å²) in [6, 6.07) is 10.8. The zero-order valence-corrected chi connectivity index (χ0v) is 20.1. The van der Waals surface area contributed by atoms with Gasteiger partial charge in [0, 0.05) is 45.0 Å². The van der Waals surface area contributed by atoms with Crippen LogP contribution in [0.1, 0.15) is 13.8 Å². The predicted octanol–water partition coefficient (Wildman–Crippen LogP) is 2.41. The molecule has 1 aliphatic rings. The van der Waals surface area contributed by atoms with Crippen molar-refractivity contribution in [1.82, 2.24) is 4.31 Å². The molecule has 1 N–H and O–H groups in total. The molecule has 2 aromatic carbocycles. The molecule has 34 heavy (non-hydrogen) atoms. The molecule has 0 bridgehead atoms. The Morgan fingerprint density at radius 1 is 1.15 bits per heavy atom. The number of nitro benzene ring substituents is 1. The van der Waals surface area contributed by atoms with Gasteiger partial charge < -0.3 is 19.6 Å². The molecule has 1 saturated heterocycles. The quantitative estimate of drug-likeness (QED) is 0.414. The lowest BCUT2D eigenvalue weighted by Gasteiger charge is -2.35. The molecule has 0 aromatic heterocycles. The SMILES string of the molecule is CC(C)Oc1ccc(S(=O)(=O)N2CCN(c3ccc([N+](=O)[O-])c(N(C)CC(=O)O)c3)CC2)cc1. The van der Waals surface area contributed by atoms with E-state index in [2.05, 4.69) is 0 Å². The summed E-state index contributed by atoms with van der Waals surface area (Å²) in [6.45, 7) is 4.64. The number of sulfonamides is 1. The maximum absolute atomic E-state index is 13.1. The number of carboxylic acid groups (broad SMARTS) is 1. The number of ether oxygens (including phenoxy) is 1. The number of hydrogen-bond donors (Lipinski definition) is 1. The molecule has 0 amide bonds. The van der Waals surface area contributed by atoms with Crippen molar-refractivity contribution in [3.63, 3.8) is 0 Å². The minimum Gasteiger partial charge on any atom is -0.491 e. The van der Waals surface area contributed by atoms with E-state index >= 15 is 0 Å². The van der Waals surface area contributed by atoms with Crippen LogP contribution in [0.3, 0.4) is 0 Å². The Balaban J connectivity index is 1.73. The Bertz CT molecular complexity index is 1140. The van der Waals surface area contributed by atoms with Crippen LogP contribution in [0.2, 0.25) is 0 Å². The summed E-state index contributed by atoms with van der Waals surface area (Å²) in [5.41, 5.74) is 0.646. The minimum absolute atomic E-state index is 0.0145. The summed E-state index contributed by atoms with van der Waals surface area (Å²) in [4.78, 5) is 25.3. The molecule has 0 radical (unpaired) electrons. The zero-order valence-electron chi connectivity index (χ0n) is 19.2. The molecule has 0 atom stereocenters. The number of anilines is 2. The highest BCUT2D eigenvalue weighted by Gasteiger charge is 2.29. The molecule has 0 unspecified atom stereocenters. The van der Waals surface area contributed by atoms with Gasteiger partial charge in [0.1, 0.15) is 18.0 Å². The first-order valence-corrected chi connectivity index (χ1v) is 12.2. The number of likely N-dealkylation sites (N-methyl/N-ethyl adjacent to an activating group) is 1. The van der Waals surface area contributed by atoms with Crippen LogP contribution in [0.5, 0.6) is 5.75 Å². The van der Waals surface area contributed by atoms with Crippen LogP contribution in [-0.4, -0.2) is 74.6 Å². The first-order valence-electron chi connectivity index (χ1n) is 10.7. The van der Waals surface area contributed by atoms with Gasteiger partial charge in [-0.25, -0.2) is 8.42 Å². The van der Waals surface area contributed by atoms with Gasteiger partial charge in [0.15, 0.2) is 0 Å². The Morgan fingerprint density at radius 2 is 1.76 bits per heavy atom. The van der Waals surface area contributed by atoms with Crippen molar-refractivity contribution < 1.29 is 28.0 Å². The van der Waals surface area contributed by atoms with E-state index in [4.69, 9.17) is 9.84 Å². The number of piperazine rings is 1. The number of benzene rings is 2. The summed E-state index contributed by atoms with van der Waals surface area (Å²) >= 11 is 0. The number of hydrogen-bond acceptors (Lipinski definition) is 8. The van der Waals surface area contributed by atoms with E-state index in [0.29, 0.717) is 24.5 Å². The largest absolute Gasteiger partial charge is 0.491 e. The van der Waals surface area contributed by atoms with Gasteiger partial charge in [-0.15, -0.1) is 0 Å². The topological polar surface area (TPSA) is 134 Å². The van der Waals surface area contributed by atoms with E-state index in [0.717, 1.165) is 0 Å². The molecular weight excluding hydrogens is 464 g/mol. The highest BCUT2D eigenvalue weighted by Crippen LogP contribution is 2.33. The van der Waals surface area contributed by atoms with Crippen molar-refractivity contribution in [3.05, 3.63) is 52.6 Å². The molecule has 184 valence electrons. The van der Waals surface area contributed by atoms with Crippen molar-refractivity contribution in [1.29, 1.82) is 0 Å². The van der Waals surface area contributed by atoms with Crippen LogP contribution in [0, 0.1) is 10.1 Å². The first kappa shape index (κ1) is 25.2. The van der Waals surface area contributed by atoms with Crippen molar-refractivity contribution in [3.8, 4) is 5.75 Å². The number of carbonyl (C=O) groups is 1. The fourth-order valence-corrected chi connectivity index (χ4v) is 5.18. The maximum Gasteiger partial charge on any atom is 0.323 e. The highest BCUT2D eigenvalue weighted by molar-refractivity contribution is 7.89. The van der Waals surface area contributed by atoms with E-state index < -0.39 is 27.5 Å². The van der Waals surface area contributed by atoms with E-state index in [1.54, 1.807) is 24.3 Å². The lowest BCUT2D eigenvalue weighted by atomic mass is 10.2. The van der Waals surface area contributed by atoms with Crippen LogP contribution in [-0.2, 0) is 14.8 Å². The van der Waals surface area contributed by atoms with Crippen molar-refractivity contribution in [2.24, 2.45) is 0 Å². The second kappa shape index (κ2) is 10.3. The molecule has 0 aliphatic carbocycles. The van der Waals surface area contributed by atoms with Gasteiger partial charge in [0.25, 0.3) is 5.69 Å². The summed E-state index contributed by atoms with van der Waals surface area (Å²) in [5, 5.41) is 20.5. The molecule has 0 spiro atoms. The van der Waals surface area contributed by atoms with Crippen molar-refractivity contribution in [2.75, 3.05) is 49.6 Å². The molecule has 1 fully saturated rings. The molecule has 3 rings (SSSR count).